The first-order chi connectivity index (χ1) is 9.74. The molecule has 0 saturated heterocycles. The molecule has 11 heteroatoms. The number of hydrogen-bond acceptors (Lipinski definition) is 5. The highest BCUT2D eigenvalue weighted by Gasteiger charge is 2.21. The number of alkyl halides is 2. The zero-order chi connectivity index (χ0) is 16.0. The van der Waals surface area contributed by atoms with Gasteiger partial charge in [-0.3, -0.25) is 10.1 Å². The molecule has 21 heavy (non-hydrogen) atoms. The van der Waals surface area contributed by atoms with Crippen molar-refractivity contribution in [2.24, 2.45) is 0 Å². The number of non-ortho nitro benzene ring substituents is 1. The van der Waals surface area contributed by atoms with Crippen molar-refractivity contribution < 1.29 is 26.9 Å². The second kappa shape index (κ2) is 7.59. The van der Waals surface area contributed by atoms with E-state index >= 15 is 0 Å². The predicted octanol–water partition coefficient (Wildman–Crippen LogP) is 1.81. The molecule has 0 aliphatic rings. The van der Waals surface area contributed by atoms with Gasteiger partial charge in [-0.15, -0.1) is 0 Å². The summed E-state index contributed by atoms with van der Waals surface area (Å²) in [6.07, 6.45) is -2.65. The Bertz CT molecular complexity index is 611. The molecular formula is C10H11ClF2N2O5S. The van der Waals surface area contributed by atoms with Crippen LogP contribution in [0.1, 0.15) is 0 Å². The lowest BCUT2D eigenvalue weighted by Crippen LogP contribution is -2.28. The molecule has 0 bridgehead atoms. The van der Waals surface area contributed by atoms with E-state index < -0.39 is 38.6 Å². The van der Waals surface area contributed by atoms with Crippen LogP contribution in [0.3, 0.4) is 0 Å². The largest absolute Gasteiger partial charge is 0.374 e. The van der Waals surface area contributed by atoms with E-state index in [1.54, 1.807) is 0 Å². The SMILES string of the molecule is O=[N+]([O-])c1ccc(Cl)c(S(=O)(=O)NCCOCC(F)F)c1. The summed E-state index contributed by atoms with van der Waals surface area (Å²) in [6.45, 7) is -1.34. The second-order valence-electron chi connectivity index (χ2n) is 3.74. The van der Waals surface area contributed by atoms with Crippen molar-refractivity contribution in [1.29, 1.82) is 0 Å². The third kappa shape index (κ3) is 5.50. The molecule has 0 amide bonds. The quantitative estimate of drug-likeness (QED) is 0.440. The first kappa shape index (κ1) is 17.7. The zero-order valence-electron chi connectivity index (χ0n) is 10.5. The van der Waals surface area contributed by atoms with Crippen molar-refractivity contribution in [2.45, 2.75) is 11.3 Å². The number of nitro groups is 1. The molecule has 1 N–H and O–H groups in total. The van der Waals surface area contributed by atoms with Crippen LogP contribution in [-0.2, 0) is 14.8 Å². The van der Waals surface area contributed by atoms with Gasteiger partial charge in [0.2, 0.25) is 10.0 Å². The molecule has 118 valence electrons. The minimum atomic E-state index is -4.10. The number of sulfonamides is 1. The molecule has 0 unspecified atom stereocenters. The average Bonchev–Trinajstić information content (AvgIpc) is 2.37. The van der Waals surface area contributed by atoms with E-state index in [0.717, 1.165) is 18.2 Å². The van der Waals surface area contributed by atoms with Gasteiger partial charge in [0.05, 0.1) is 16.6 Å². The van der Waals surface area contributed by atoms with Gasteiger partial charge in [0.1, 0.15) is 11.5 Å². The van der Waals surface area contributed by atoms with Crippen molar-refractivity contribution in [3.05, 3.63) is 33.3 Å². The van der Waals surface area contributed by atoms with Gasteiger partial charge in [-0.25, -0.2) is 21.9 Å². The third-order valence-electron chi connectivity index (χ3n) is 2.20. The summed E-state index contributed by atoms with van der Waals surface area (Å²) >= 11 is 5.69. The van der Waals surface area contributed by atoms with Crippen LogP contribution in [0.4, 0.5) is 14.5 Å². The lowest BCUT2D eigenvalue weighted by Gasteiger charge is -2.08. The molecule has 1 aromatic rings. The first-order valence-corrected chi connectivity index (χ1v) is 7.39. The standard InChI is InChI=1S/C10H11ClF2N2O5S/c11-8-2-1-7(15(16)17)5-9(8)21(18,19)14-3-4-20-6-10(12)13/h1-2,5,10,14H,3-4,6H2. The Labute approximate surface area is 124 Å². The molecule has 0 aliphatic heterocycles. The predicted molar refractivity (Wildman–Crippen MR) is 70.1 cm³/mol. The van der Waals surface area contributed by atoms with Gasteiger partial charge in [0.25, 0.3) is 12.1 Å². The van der Waals surface area contributed by atoms with Crippen molar-refractivity contribution in [3.63, 3.8) is 0 Å². The zero-order valence-corrected chi connectivity index (χ0v) is 12.0. The lowest BCUT2D eigenvalue weighted by molar-refractivity contribution is -0.385. The van der Waals surface area contributed by atoms with Crippen LogP contribution < -0.4 is 4.72 Å². The van der Waals surface area contributed by atoms with Crippen LogP contribution >= 0.6 is 11.6 Å². The molecular weight excluding hydrogens is 334 g/mol. The Morgan fingerprint density at radius 1 is 1.43 bits per heavy atom. The van der Waals surface area contributed by atoms with Crippen LogP contribution in [0.5, 0.6) is 0 Å². The summed E-state index contributed by atoms with van der Waals surface area (Å²) in [5.41, 5.74) is -0.436. The van der Waals surface area contributed by atoms with E-state index in [1.807, 2.05) is 0 Å². The van der Waals surface area contributed by atoms with E-state index in [2.05, 4.69) is 9.46 Å². The Hall–Kier alpha value is -1.36. The fourth-order valence-corrected chi connectivity index (χ4v) is 2.84. The van der Waals surface area contributed by atoms with Gasteiger partial charge in [-0.05, 0) is 6.07 Å². The number of hydrogen-bond donors (Lipinski definition) is 1. The Morgan fingerprint density at radius 3 is 2.67 bits per heavy atom. The molecule has 1 rings (SSSR count). The molecule has 1 aromatic carbocycles. The molecule has 0 fully saturated rings. The molecule has 0 spiro atoms. The Kier molecular flexibility index (Phi) is 6.40. The topological polar surface area (TPSA) is 98.5 Å². The lowest BCUT2D eigenvalue weighted by atomic mass is 10.3. The fraction of sp³-hybridized carbons (Fsp3) is 0.400. The average molecular weight is 345 g/mol. The number of nitro benzene ring substituents is 1. The minimum Gasteiger partial charge on any atom is -0.374 e. The van der Waals surface area contributed by atoms with E-state index in [9.17, 15) is 27.3 Å². The molecule has 0 radical (unpaired) electrons. The van der Waals surface area contributed by atoms with Gasteiger partial charge in [0.15, 0.2) is 0 Å². The summed E-state index contributed by atoms with van der Waals surface area (Å²) in [5.74, 6) is 0. The van der Waals surface area contributed by atoms with Crippen LogP contribution in [0, 0.1) is 10.1 Å². The van der Waals surface area contributed by atoms with Gasteiger partial charge < -0.3 is 4.74 Å². The van der Waals surface area contributed by atoms with E-state index in [4.69, 9.17) is 11.6 Å². The number of nitrogens with zero attached hydrogens (tertiary/aromatic N) is 1. The Balaban J connectivity index is 2.74. The van der Waals surface area contributed by atoms with Gasteiger partial charge in [-0.1, -0.05) is 11.6 Å². The normalized spacial score (nSPS) is 11.8. The van der Waals surface area contributed by atoms with E-state index in [-0.39, 0.29) is 18.2 Å². The fourth-order valence-electron chi connectivity index (χ4n) is 1.31. The van der Waals surface area contributed by atoms with E-state index in [0.29, 0.717) is 0 Å². The van der Waals surface area contributed by atoms with Crippen molar-refractivity contribution in [1.82, 2.24) is 4.72 Å². The van der Waals surface area contributed by atoms with Crippen LogP contribution in [-0.4, -0.2) is 39.5 Å². The number of ether oxygens (including phenoxy) is 1. The second-order valence-corrected chi connectivity index (χ2v) is 5.88. The number of rotatable bonds is 8. The van der Waals surface area contributed by atoms with Gasteiger partial charge in [-0.2, -0.15) is 0 Å². The van der Waals surface area contributed by atoms with Gasteiger partial charge >= 0.3 is 0 Å². The monoisotopic (exact) mass is 344 g/mol. The maximum atomic E-state index is 11.9. The number of halogens is 3. The van der Waals surface area contributed by atoms with Crippen LogP contribution in [0.2, 0.25) is 5.02 Å². The smallest absolute Gasteiger partial charge is 0.270 e. The van der Waals surface area contributed by atoms with Crippen molar-refractivity contribution in [3.8, 4) is 0 Å². The van der Waals surface area contributed by atoms with Crippen LogP contribution in [0.25, 0.3) is 0 Å². The summed E-state index contributed by atoms with van der Waals surface area (Å²) in [5, 5.41) is 10.4. The summed E-state index contributed by atoms with van der Waals surface area (Å²) in [6, 6.07) is 2.96. The highest BCUT2D eigenvalue weighted by molar-refractivity contribution is 7.89. The van der Waals surface area contributed by atoms with Crippen LogP contribution in [0.15, 0.2) is 23.1 Å². The van der Waals surface area contributed by atoms with E-state index in [1.165, 1.54) is 0 Å². The molecule has 0 aliphatic carbocycles. The summed E-state index contributed by atoms with van der Waals surface area (Å²) < 4.78 is 53.9. The third-order valence-corrected chi connectivity index (χ3v) is 4.14. The summed E-state index contributed by atoms with van der Waals surface area (Å²) in [4.78, 5) is 9.38. The molecule has 0 heterocycles. The molecule has 0 aromatic heterocycles. The first-order valence-electron chi connectivity index (χ1n) is 5.53. The maximum absolute atomic E-state index is 11.9. The minimum absolute atomic E-state index is 0.193. The van der Waals surface area contributed by atoms with Gasteiger partial charge in [0, 0.05) is 18.7 Å². The molecule has 0 saturated carbocycles. The number of nitrogens with one attached hydrogen (secondary N) is 1. The van der Waals surface area contributed by atoms with Crippen molar-refractivity contribution in [2.75, 3.05) is 19.8 Å². The molecule has 0 atom stereocenters. The maximum Gasteiger partial charge on any atom is 0.270 e. The highest BCUT2D eigenvalue weighted by Crippen LogP contribution is 2.25. The number of benzene rings is 1. The Morgan fingerprint density at radius 2 is 2.10 bits per heavy atom. The molecule has 7 nitrogen and oxygen atoms in total. The highest BCUT2D eigenvalue weighted by atomic mass is 35.5. The van der Waals surface area contributed by atoms with Crippen molar-refractivity contribution >= 4 is 27.3 Å². The summed E-state index contributed by atoms with van der Waals surface area (Å²) in [7, 11) is -4.10.